The highest BCUT2D eigenvalue weighted by atomic mass is 16.5. The van der Waals surface area contributed by atoms with Crippen molar-refractivity contribution in [1.29, 1.82) is 0 Å². The van der Waals surface area contributed by atoms with Crippen LogP contribution >= 0.6 is 0 Å². The van der Waals surface area contributed by atoms with Crippen molar-refractivity contribution >= 4 is 0 Å². The van der Waals surface area contributed by atoms with Crippen LogP contribution in [0.25, 0.3) is 11.3 Å². The van der Waals surface area contributed by atoms with E-state index in [4.69, 9.17) is 4.52 Å². The van der Waals surface area contributed by atoms with Crippen molar-refractivity contribution in [3.05, 3.63) is 23.1 Å². The minimum absolute atomic E-state index is 0.804. The van der Waals surface area contributed by atoms with E-state index in [-0.39, 0.29) is 0 Å². The molecule has 5 heteroatoms. The van der Waals surface area contributed by atoms with E-state index < -0.39 is 0 Å². The highest BCUT2D eigenvalue weighted by Crippen LogP contribution is 2.30. The average molecular weight is 204 g/mol. The third kappa shape index (κ3) is 1.20. The van der Waals surface area contributed by atoms with Crippen LogP contribution in [-0.4, -0.2) is 14.9 Å². The number of nitrogens with one attached hydrogen (secondary N) is 1. The van der Waals surface area contributed by atoms with Gasteiger partial charge in [0.25, 0.3) is 0 Å². The molecule has 0 bridgehead atoms. The number of hydrogen-bond acceptors (Lipinski definition) is 4. The van der Waals surface area contributed by atoms with E-state index in [1.807, 2.05) is 20.2 Å². The van der Waals surface area contributed by atoms with Crippen molar-refractivity contribution in [3.8, 4) is 11.3 Å². The SMILES string of the molecule is Cc1nn(C)cc1-c1onc2c1CNC2. The van der Waals surface area contributed by atoms with Crippen molar-refractivity contribution in [1.82, 2.24) is 20.3 Å². The fourth-order valence-electron chi connectivity index (χ4n) is 2.00. The zero-order valence-electron chi connectivity index (χ0n) is 8.74. The van der Waals surface area contributed by atoms with Crippen molar-refractivity contribution in [2.75, 3.05) is 0 Å². The molecule has 0 atom stereocenters. The highest BCUT2D eigenvalue weighted by molar-refractivity contribution is 5.64. The normalized spacial score (nSPS) is 14.5. The van der Waals surface area contributed by atoms with E-state index in [1.54, 1.807) is 4.68 Å². The summed E-state index contributed by atoms with van der Waals surface area (Å²) in [6.07, 6.45) is 1.97. The summed E-state index contributed by atoms with van der Waals surface area (Å²) in [4.78, 5) is 0. The Morgan fingerprint density at radius 2 is 2.33 bits per heavy atom. The van der Waals surface area contributed by atoms with Crippen molar-refractivity contribution in [3.63, 3.8) is 0 Å². The number of fused-ring (bicyclic) bond motifs is 1. The van der Waals surface area contributed by atoms with Crippen molar-refractivity contribution in [2.45, 2.75) is 20.0 Å². The van der Waals surface area contributed by atoms with Gasteiger partial charge in [0.05, 0.1) is 11.3 Å². The molecule has 0 saturated carbocycles. The molecule has 0 radical (unpaired) electrons. The highest BCUT2D eigenvalue weighted by Gasteiger charge is 2.23. The van der Waals surface area contributed by atoms with E-state index in [1.165, 1.54) is 5.56 Å². The summed E-state index contributed by atoms with van der Waals surface area (Å²) >= 11 is 0. The van der Waals surface area contributed by atoms with Crippen LogP contribution in [0.5, 0.6) is 0 Å². The summed E-state index contributed by atoms with van der Waals surface area (Å²) < 4.78 is 7.17. The summed E-state index contributed by atoms with van der Waals surface area (Å²) in [7, 11) is 1.91. The summed E-state index contributed by atoms with van der Waals surface area (Å²) in [5.74, 6) is 0.862. The molecule has 0 aliphatic carbocycles. The van der Waals surface area contributed by atoms with Crippen LogP contribution < -0.4 is 5.32 Å². The molecular formula is C10H12N4O. The minimum Gasteiger partial charge on any atom is -0.355 e. The van der Waals surface area contributed by atoms with Crippen LogP contribution in [-0.2, 0) is 20.1 Å². The second-order valence-corrected chi connectivity index (χ2v) is 3.84. The second-order valence-electron chi connectivity index (χ2n) is 3.84. The molecule has 15 heavy (non-hydrogen) atoms. The largest absolute Gasteiger partial charge is 0.355 e. The summed E-state index contributed by atoms with van der Waals surface area (Å²) in [5, 5.41) is 11.6. The molecule has 2 aromatic heterocycles. The maximum Gasteiger partial charge on any atom is 0.175 e. The van der Waals surface area contributed by atoms with Gasteiger partial charge >= 0.3 is 0 Å². The van der Waals surface area contributed by atoms with Gasteiger partial charge in [0, 0.05) is 31.9 Å². The molecule has 3 heterocycles. The molecule has 1 aliphatic rings. The first kappa shape index (κ1) is 8.67. The second kappa shape index (κ2) is 2.93. The number of aromatic nitrogens is 3. The third-order valence-corrected chi connectivity index (χ3v) is 2.72. The Labute approximate surface area is 87.1 Å². The minimum atomic E-state index is 0.804. The van der Waals surface area contributed by atoms with Crippen LogP contribution in [0.15, 0.2) is 10.7 Å². The molecule has 2 aromatic rings. The maximum absolute atomic E-state index is 5.37. The molecule has 0 unspecified atom stereocenters. The Morgan fingerprint density at radius 1 is 1.47 bits per heavy atom. The first-order chi connectivity index (χ1) is 7.25. The van der Waals surface area contributed by atoms with E-state index in [0.29, 0.717) is 0 Å². The topological polar surface area (TPSA) is 55.9 Å². The lowest BCUT2D eigenvalue weighted by atomic mass is 10.1. The number of rotatable bonds is 1. The fraction of sp³-hybridized carbons (Fsp3) is 0.400. The van der Waals surface area contributed by atoms with E-state index >= 15 is 0 Å². The first-order valence-corrected chi connectivity index (χ1v) is 4.94. The Kier molecular flexibility index (Phi) is 1.70. The molecule has 1 N–H and O–H groups in total. The standard InChI is InChI=1S/C10H12N4O/c1-6-8(5-14(2)12-6)10-7-3-11-4-9(7)13-15-10/h5,11H,3-4H2,1-2H3. The van der Waals surface area contributed by atoms with Crippen molar-refractivity contribution < 1.29 is 4.52 Å². The summed E-state index contributed by atoms with van der Waals surface area (Å²) in [6.45, 7) is 3.62. The third-order valence-electron chi connectivity index (χ3n) is 2.72. The zero-order valence-corrected chi connectivity index (χ0v) is 8.74. The van der Waals surface area contributed by atoms with Crippen LogP contribution in [0.1, 0.15) is 17.0 Å². The smallest absolute Gasteiger partial charge is 0.175 e. The number of nitrogens with zero attached hydrogens (tertiary/aromatic N) is 3. The van der Waals surface area contributed by atoms with Gasteiger partial charge in [0.2, 0.25) is 0 Å². The first-order valence-electron chi connectivity index (χ1n) is 4.94. The fourth-order valence-corrected chi connectivity index (χ4v) is 2.00. The van der Waals surface area contributed by atoms with Crippen molar-refractivity contribution in [2.24, 2.45) is 7.05 Å². The Balaban J connectivity index is 2.16. The molecular weight excluding hydrogens is 192 g/mol. The van der Waals surface area contributed by atoms with Gasteiger partial charge in [-0.15, -0.1) is 0 Å². The summed E-state index contributed by atoms with van der Waals surface area (Å²) in [6, 6.07) is 0. The monoisotopic (exact) mass is 204 g/mol. The molecule has 0 amide bonds. The van der Waals surface area contributed by atoms with Crippen LogP contribution in [0, 0.1) is 6.92 Å². The lowest BCUT2D eigenvalue weighted by Crippen LogP contribution is -2.01. The maximum atomic E-state index is 5.37. The van der Waals surface area contributed by atoms with Gasteiger partial charge in [-0.25, -0.2) is 0 Å². The Morgan fingerprint density at radius 3 is 3.07 bits per heavy atom. The number of hydrogen-bond donors (Lipinski definition) is 1. The molecule has 0 saturated heterocycles. The molecule has 0 spiro atoms. The predicted molar refractivity (Wildman–Crippen MR) is 54.0 cm³/mol. The zero-order chi connectivity index (χ0) is 10.4. The van der Waals surface area contributed by atoms with Crippen LogP contribution in [0.3, 0.4) is 0 Å². The van der Waals surface area contributed by atoms with Crippen LogP contribution in [0.4, 0.5) is 0 Å². The molecule has 1 aliphatic heterocycles. The molecule has 5 nitrogen and oxygen atoms in total. The predicted octanol–water partition coefficient (Wildman–Crippen LogP) is 0.987. The molecule has 3 rings (SSSR count). The molecule has 0 fully saturated rings. The average Bonchev–Trinajstić information content (AvgIpc) is 2.80. The van der Waals surface area contributed by atoms with Gasteiger partial charge in [-0.05, 0) is 6.92 Å². The quantitative estimate of drug-likeness (QED) is 0.752. The van der Waals surface area contributed by atoms with E-state index in [0.717, 1.165) is 35.8 Å². The number of aryl methyl sites for hydroxylation is 2. The molecule has 78 valence electrons. The van der Waals surface area contributed by atoms with Crippen LogP contribution in [0.2, 0.25) is 0 Å². The van der Waals surface area contributed by atoms with Gasteiger partial charge in [-0.1, -0.05) is 5.16 Å². The lowest BCUT2D eigenvalue weighted by Gasteiger charge is -1.94. The van der Waals surface area contributed by atoms with E-state index in [2.05, 4.69) is 15.6 Å². The Bertz CT molecular complexity index is 511. The van der Waals surface area contributed by atoms with E-state index in [9.17, 15) is 0 Å². The van der Waals surface area contributed by atoms with Gasteiger partial charge in [-0.3, -0.25) is 4.68 Å². The molecule has 0 aromatic carbocycles. The van der Waals surface area contributed by atoms with Gasteiger partial charge in [0.15, 0.2) is 5.76 Å². The van der Waals surface area contributed by atoms with Gasteiger partial charge < -0.3 is 9.84 Å². The summed E-state index contributed by atoms with van der Waals surface area (Å²) in [5.41, 5.74) is 4.21. The Hall–Kier alpha value is -1.62. The van der Waals surface area contributed by atoms with Gasteiger partial charge in [0.1, 0.15) is 5.69 Å². The lowest BCUT2D eigenvalue weighted by molar-refractivity contribution is 0.417. The van der Waals surface area contributed by atoms with Gasteiger partial charge in [-0.2, -0.15) is 5.10 Å².